The highest BCUT2D eigenvalue weighted by atomic mass is 32.2. The largest absolute Gasteiger partial charge is 0.359 e. The highest BCUT2D eigenvalue weighted by Crippen LogP contribution is 2.32. The van der Waals surface area contributed by atoms with E-state index in [0.717, 1.165) is 11.8 Å². The fourth-order valence-corrected chi connectivity index (χ4v) is 3.89. The number of hydrogen-bond acceptors (Lipinski definition) is 2. The van der Waals surface area contributed by atoms with E-state index in [0.29, 0.717) is 6.04 Å². The van der Waals surface area contributed by atoms with E-state index in [9.17, 15) is 0 Å². The van der Waals surface area contributed by atoms with Crippen LogP contribution >= 0.6 is 11.8 Å². The van der Waals surface area contributed by atoms with Crippen LogP contribution in [0.4, 0.5) is 0 Å². The van der Waals surface area contributed by atoms with Gasteiger partial charge in [-0.25, -0.2) is 0 Å². The van der Waals surface area contributed by atoms with Crippen LogP contribution in [0.5, 0.6) is 0 Å². The minimum atomic E-state index is 0.275. The van der Waals surface area contributed by atoms with Gasteiger partial charge < -0.3 is 5.32 Å². The third kappa shape index (κ3) is 3.18. The summed E-state index contributed by atoms with van der Waals surface area (Å²) < 4.78 is 0. The lowest BCUT2D eigenvalue weighted by molar-refractivity contribution is 0.252. The fourth-order valence-electron chi connectivity index (χ4n) is 2.62. The lowest BCUT2D eigenvalue weighted by atomic mass is 9.79. The van der Waals surface area contributed by atoms with Gasteiger partial charge in [0, 0.05) is 11.3 Å². The van der Waals surface area contributed by atoms with Gasteiger partial charge in [0.2, 0.25) is 0 Å². The van der Waals surface area contributed by atoms with Crippen molar-refractivity contribution in [1.29, 1.82) is 0 Å². The molecule has 17 heavy (non-hydrogen) atoms. The van der Waals surface area contributed by atoms with E-state index >= 15 is 0 Å². The van der Waals surface area contributed by atoms with Crippen LogP contribution in [-0.4, -0.2) is 22.5 Å². The molecule has 2 fully saturated rings. The Morgan fingerprint density at radius 3 is 2.71 bits per heavy atom. The van der Waals surface area contributed by atoms with Crippen LogP contribution in [0.1, 0.15) is 53.4 Å². The van der Waals surface area contributed by atoms with E-state index in [4.69, 9.17) is 4.99 Å². The first-order chi connectivity index (χ1) is 8.02. The summed E-state index contributed by atoms with van der Waals surface area (Å²) in [6.45, 7) is 9.31. The Hall–Kier alpha value is -0.180. The van der Waals surface area contributed by atoms with Crippen LogP contribution in [0.25, 0.3) is 0 Å². The normalized spacial score (nSPS) is 44.9. The highest BCUT2D eigenvalue weighted by Gasteiger charge is 2.32. The molecule has 1 heterocycles. The van der Waals surface area contributed by atoms with Gasteiger partial charge in [0.1, 0.15) is 0 Å². The summed E-state index contributed by atoms with van der Waals surface area (Å²) in [6.07, 6.45) is 5.07. The molecule has 1 N–H and O–H groups in total. The van der Waals surface area contributed by atoms with Crippen molar-refractivity contribution < 1.29 is 0 Å². The van der Waals surface area contributed by atoms with E-state index < -0.39 is 0 Å². The van der Waals surface area contributed by atoms with Crippen LogP contribution in [0.15, 0.2) is 4.99 Å². The minimum Gasteiger partial charge on any atom is -0.359 e. The summed E-state index contributed by atoms with van der Waals surface area (Å²) >= 11 is 1.91. The Labute approximate surface area is 110 Å². The number of amidine groups is 1. The third-order valence-corrected chi connectivity index (χ3v) is 5.85. The predicted octanol–water partition coefficient (Wildman–Crippen LogP) is 3.67. The first kappa shape index (κ1) is 13.3. The number of rotatable bonds is 2. The van der Waals surface area contributed by atoms with Crippen LogP contribution in [-0.2, 0) is 0 Å². The Morgan fingerprint density at radius 1 is 1.35 bits per heavy atom. The predicted molar refractivity (Wildman–Crippen MR) is 77.7 cm³/mol. The van der Waals surface area contributed by atoms with E-state index in [2.05, 4.69) is 33.0 Å². The van der Waals surface area contributed by atoms with Crippen LogP contribution in [0, 0.1) is 11.8 Å². The van der Waals surface area contributed by atoms with Crippen molar-refractivity contribution >= 4 is 16.9 Å². The number of aliphatic imine (C=N–C) groups is 1. The Bertz CT molecular complexity index is 303. The van der Waals surface area contributed by atoms with Crippen LogP contribution in [0.2, 0.25) is 0 Å². The van der Waals surface area contributed by atoms with Gasteiger partial charge in [-0.2, -0.15) is 0 Å². The maximum absolute atomic E-state index is 4.93. The minimum absolute atomic E-state index is 0.275. The molecule has 2 aliphatic rings. The van der Waals surface area contributed by atoms with Gasteiger partial charge in [0.05, 0.1) is 6.04 Å². The van der Waals surface area contributed by atoms with E-state index in [1.165, 1.54) is 36.6 Å². The third-order valence-electron chi connectivity index (χ3n) is 4.59. The molecule has 1 aliphatic carbocycles. The quantitative estimate of drug-likeness (QED) is 0.813. The molecule has 2 nitrogen and oxygen atoms in total. The zero-order valence-electron chi connectivity index (χ0n) is 11.6. The standard InChI is InChI=1S/C14H26N2S/c1-5-14(4)9-17-13(16-14)15-12-7-6-10(2)11(3)8-12/h10-12H,5-9H2,1-4H3,(H,15,16). The topological polar surface area (TPSA) is 24.4 Å². The van der Waals surface area contributed by atoms with E-state index in [-0.39, 0.29) is 5.54 Å². The summed E-state index contributed by atoms with van der Waals surface area (Å²) in [7, 11) is 0. The Kier molecular flexibility index (Phi) is 4.06. The van der Waals surface area contributed by atoms with Gasteiger partial charge in [-0.1, -0.05) is 32.5 Å². The summed E-state index contributed by atoms with van der Waals surface area (Å²) in [4.78, 5) is 4.93. The second-order valence-electron chi connectivity index (χ2n) is 6.18. The van der Waals surface area contributed by atoms with E-state index in [1.807, 2.05) is 11.8 Å². The molecule has 0 spiro atoms. The van der Waals surface area contributed by atoms with Gasteiger partial charge in [-0.3, -0.25) is 4.99 Å². The molecule has 4 unspecified atom stereocenters. The average molecular weight is 254 g/mol. The molecular weight excluding hydrogens is 228 g/mol. The SMILES string of the molecule is CCC1(C)CSC(=NC2CCC(C)C(C)C2)N1. The monoisotopic (exact) mass is 254 g/mol. The number of thioether (sulfide) groups is 1. The van der Waals surface area contributed by atoms with Crippen molar-refractivity contribution in [3.63, 3.8) is 0 Å². The number of nitrogens with zero attached hydrogens (tertiary/aromatic N) is 1. The number of nitrogens with one attached hydrogen (secondary N) is 1. The Morgan fingerprint density at radius 2 is 2.12 bits per heavy atom. The molecule has 0 radical (unpaired) electrons. The Balaban J connectivity index is 1.93. The smallest absolute Gasteiger partial charge is 0.157 e. The van der Waals surface area contributed by atoms with Crippen molar-refractivity contribution in [1.82, 2.24) is 5.32 Å². The molecule has 0 aromatic rings. The summed E-state index contributed by atoms with van der Waals surface area (Å²) in [5.74, 6) is 2.89. The average Bonchev–Trinajstić information content (AvgIpc) is 2.67. The lowest BCUT2D eigenvalue weighted by Crippen LogP contribution is -2.40. The first-order valence-electron chi connectivity index (χ1n) is 7.01. The van der Waals surface area contributed by atoms with Crippen molar-refractivity contribution in [3.05, 3.63) is 0 Å². The second-order valence-corrected chi connectivity index (χ2v) is 7.15. The molecule has 1 saturated heterocycles. The molecular formula is C14H26N2S. The summed E-state index contributed by atoms with van der Waals surface area (Å²) in [6, 6.07) is 0.565. The zero-order chi connectivity index (χ0) is 12.5. The maximum Gasteiger partial charge on any atom is 0.157 e. The zero-order valence-corrected chi connectivity index (χ0v) is 12.4. The molecule has 1 aliphatic heterocycles. The van der Waals surface area contributed by atoms with Crippen molar-refractivity contribution in [3.8, 4) is 0 Å². The molecule has 0 bridgehead atoms. The molecule has 0 aromatic heterocycles. The van der Waals surface area contributed by atoms with Crippen molar-refractivity contribution in [2.45, 2.75) is 65.0 Å². The van der Waals surface area contributed by atoms with E-state index in [1.54, 1.807) is 0 Å². The lowest BCUT2D eigenvalue weighted by Gasteiger charge is -2.30. The summed E-state index contributed by atoms with van der Waals surface area (Å²) in [5, 5.41) is 4.80. The van der Waals surface area contributed by atoms with Crippen molar-refractivity contribution in [2.75, 3.05) is 5.75 Å². The first-order valence-corrected chi connectivity index (χ1v) is 8.00. The van der Waals surface area contributed by atoms with Gasteiger partial charge in [-0.05, 0) is 44.4 Å². The molecule has 4 atom stereocenters. The highest BCUT2D eigenvalue weighted by molar-refractivity contribution is 8.14. The van der Waals surface area contributed by atoms with Gasteiger partial charge in [-0.15, -0.1) is 0 Å². The molecule has 3 heteroatoms. The molecule has 98 valence electrons. The number of hydrogen-bond donors (Lipinski definition) is 1. The fraction of sp³-hybridized carbons (Fsp3) is 0.929. The van der Waals surface area contributed by atoms with Crippen LogP contribution in [0.3, 0.4) is 0 Å². The van der Waals surface area contributed by atoms with Crippen LogP contribution < -0.4 is 5.32 Å². The van der Waals surface area contributed by atoms with Crippen molar-refractivity contribution in [2.24, 2.45) is 16.8 Å². The van der Waals surface area contributed by atoms with Gasteiger partial charge in [0.25, 0.3) is 0 Å². The molecule has 0 aromatic carbocycles. The second kappa shape index (κ2) is 5.21. The molecule has 2 rings (SSSR count). The summed E-state index contributed by atoms with van der Waals surface area (Å²) in [5.41, 5.74) is 0.275. The van der Waals surface area contributed by atoms with Gasteiger partial charge in [0.15, 0.2) is 5.17 Å². The molecule has 0 amide bonds. The molecule has 1 saturated carbocycles. The maximum atomic E-state index is 4.93. The van der Waals surface area contributed by atoms with Gasteiger partial charge >= 0.3 is 0 Å².